The van der Waals surface area contributed by atoms with Crippen LogP contribution in [0.3, 0.4) is 0 Å². The molecule has 2 aromatic heterocycles. The summed E-state index contributed by atoms with van der Waals surface area (Å²) >= 11 is 0. The highest BCUT2D eigenvalue weighted by Gasteiger charge is 2.16. The maximum Gasteiger partial charge on any atom is 0.251 e. The molecule has 4 rings (SSSR count). The molecular formula is C24H26N6O2. The van der Waals surface area contributed by atoms with E-state index >= 15 is 0 Å². The van der Waals surface area contributed by atoms with Crippen LogP contribution < -0.4 is 15.4 Å². The Balaban J connectivity index is 1.50. The second-order valence-electron chi connectivity index (χ2n) is 7.57. The van der Waals surface area contributed by atoms with Gasteiger partial charge in [0.25, 0.3) is 5.91 Å². The van der Waals surface area contributed by atoms with E-state index in [1.54, 1.807) is 31.4 Å². The summed E-state index contributed by atoms with van der Waals surface area (Å²) in [6.45, 7) is 6.80. The van der Waals surface area contributed by atoms with Gasteiger partial charge in [0.05, 0.1) is 23.9 Å². The summed E-state index contributed by atoms with van der Waals surface area (Å²) in [6.07, 6.45) is 0. The van der Waals surface area contributed by atoms with Crippen molar-refractivity contribution in [3.8, 4) is 11.4 Å². The third-order valence-electron chi connectivity index (χ3n) is 5.10. The van der Waals surface area contributed by atoms with E-state index in [0.717, 1.165) is 28.0 Å². The molecule has 0 spiro atoms. The number of nitrogens with zero attached hydrogens (tertiary/aromatic N) is 4. The number of carbonyl (C=O) groups is 1. The Hall–Kier alpha value is -3.94. The first-order valence-electron chi connectivity index (χ1n) is 10.4. The lowest BCUT2D eigenvalue weighted by molar-refractivity contribution is 0.0955. The number of hydrogen-bond acceptors (Lipinski definition) is 6. The van der Waals surface area contributed by atoms with E-state index in [0.29, 0.717) is 36.0 Å². The fraction of sp³-hybridized carbons (Fsp3) is 0.250. The highest BCUT2D eigenvalue weighted by molar-refractivity contribution is 5.94. The molecule has 0 atom stereocenters. The molecule has 0 aliphatic carbocycles. The molecule has 0 unspecified atom stereocenters. The number of benzene rings is 2. The maximum atomic E-state index is 12.4. The lowest BCUT2D eigenvalue weighted by Gasteiger charge is -2.10. The summed E-state index contributed by atoms with van der Waals surface area (Å²) < 4.78 is 7.03. The number of hydrogen-bond donors (Lipinski definition) is 2. The van der Waals surface area contributed by atoms with Crippen LogP contribution in [-0.2, 0) is 0 Å². The Morgan fingerprint density at radius 3 is 2.62 bits per heavy atom. The van der Waals surface area contributed by atoms with E-state index in [9.17, 15) is 4.79 Å². The first-order chi connectivity index (χ1) is 15.5. The van der Waals surface area contributed by atoms with Crippen molar-refractivity contribution in [2.24, 2.45) is 0 Å². The molecule has 1 amide bonds. The molecule has 0 aliphatic heterocycles. The van der Waals surface area contributed by atoms with Crippen molar-refractivity contribution in [1.82, 2.24) is 25.1 Å². The van der Waals surface area contributed by atoms with Crippen LogP contribution in [0.25, 0.3) is 16.7 Å². The van der Waals surface area contributed by atoms with Gasteiger partial charge < -0.3 is 15.4 Å². The van der Waals surface area contributed by atoms with E-state index in [4.69, 9.17) is 9.84 Å². The molecule has 2 heterocycles. The summed E-state index contributed by atoms with van der Waals surface area (Å²) in [5, 5.41) is 11.8. The molecule has 0 radical (unpaired) electrons. The largest absolute Gasteiger partial charge is 0.497 e. The standard InChI is InChI=1S/C24H26N6O2/c1-15-7-5-9-19(13-15)30-23-21(16(2)29-30)22(27-17(3)28-23)25-11-12-26-24(31)18-8-6-10-20(14-18)32-4/h5-10,13-14H,11-12H2,1-4H3,(H,26,31)(H,25,27,28). The van der Waals surface area contributed by atoms with Crippen LogP contribution in [0.4, 0.5) is 5.82 Å². The molecule has 0 saturated heterocycles. The van der Waals surface area contributed by atoms with Crippen LogP contribution in [-0.4, -0.2) is 45.9 Å². The van der Waals surface area contributed by atoms with Gasteiger partial charge in [-0.3, -0.25) is 4.79 Å². The van der Waals surface area contributed by atoms with Gasteiger partial charge in [0, 0.05) is 18.7 Å². The molecule has 164 valence electrons. The third-order valence-corrected chi connectivity index (χ3v) is 5.10. The summed E-state index contributed by atoms with van der Waals surface area (Å²) in [4.78, 5) is 21.6. The Kier molecular flexibility index (Phi) is 6.02. The average molecular weight is 431 g/mol. The van der Waals surface area contributed by atoms with Crippen LogP contribution >= 0.6 is 0 Å². The number of methoxy groups -OCH3 is 1. The van der Waals surface area contributed by atoms with Crippen LogP contribution in [0.1, 0.15) is 27.4 Å². The van der Waals surface area contributed by atoms with Crippen LogP contribution in [0, 0.1) is 20.8 Å². The van der Waals surface area contributed by atoms with Crippen LogP contribution in [0.5, 0.6) is 5.75 Å². The number of aryl methyl sites for hydroxylation is 3. The van der Waals surface area contributed by atoms with Gasteiger partial charge in [-0.15, -0.1) is 0 Å². The predicted octanol–water partition coefficient (Wildman–Crippen LogP) is 3.59. The number of rotatable bonds is 7. The number of carbonyl (C=O) groups excluding carboxylic acids is 1. The molecular weight excluding hydrogens is 404 g/mol. The molecule has 0 bridgehead atoms. The number of fused-ring (bicyclic) bond motifs is 1. The minimum atomic E-state index is -0.154. The zero-order valence-electron chi connectivity index (χ0n) is 18.6. The lowest BCUT2D eigenvalue weighted by atomic mass is 10.2. The normalized spacial score (nSPS) is 10.9. The molecule has 0 saturated carbocycles. The van der Waals surface area contributed by atoms with E-state index in [2.05, 4.69) is 39.7 Å². The Morgan fingerprint density at radius 1 is 1.03 bits per heavy atom. The minimum Gasteiger partial charge on any atom is -0.497 e. The van der Waals surface area contributed by atoms with Crippen molar-refractivity contribution in [3.05, 3.63) is 71.2 Å². The van der Waals surface area contributed by atoms with Crippen LogP contribution in [0.2, 0.25) is 0 Å². The number of amides is 1. The Bertz CT molecular complexity index is 1280. The van der Waals surface area contributed by atoms with Crippen molar-refractivity contribution in [1.29, 1.82) is 0 Å². The molecule has 4 aromatic rings. The van der Waals surface area contributed by atoms with Gasteiger partial charge in [0.1, 0.15) is 17.4 Å². The molecule has 2 aromatic carbocycles. The second kappa shape index (κ2) is 9.05. The van der Waals surface area contributed by atoms with Gasteiger partial charge in [-0.25, -0.2) is 14.6 Å². The summed E-state index contributed by atoms with van der Waals surface area (Å²) in [5.41, 5.74) is 4.25. The zero-order chi connectivity index (χ0) is 22.7. The predicted molar refractivity (Wildman–Crippen MR) is 125 cm³/mol. The van der Waals surface area contributed by atoms with Crippen molar-refractivity contribution in [3.63, 3.8) is 0 Å². The highest BCUT2D eigenvalue weighted by Crippen LogP contribution is 2.26. The first-order valence-corrected chi connectivity index (χ1v) is 10.4. The zero-order valence-corrected chi connectivity index (χ0v) is 18.6. The molecule has 8 nitrogen and oxygen atoms in total. The van der Waals surface area contributed by atoms with E-state index in [1.807, 2.05) is 30.7 Å². The van der Waals surface area contributed by atoms with Crippen molar-refractivity contribution < 1.29 is 9.53 Å². The molecule has 0 fully saturated rings. The molecule has 32 heavy (non-hydrogen) atoms. The van der Waals surface area contributed by atoms with E-state index < -0.39 is 0 Å². The molecule has 2 N–H and O–H groups in total. The first kappa shape index (κ1) is 21.3. The number of aromatic nitrogens is 4. The maximum absolute atomic E-state index is 12.4. The quantitative estimate of drug-likeness (QED) is 0.435. The number of ether oxygens (including phenoxy) is 1. The summed E-state index contributed by atoms with van der Waals surface area (Å²) in [5.74, 6) is 1.85. The van der Waals surface area contributed by atoms with Gasteiger partial charge in [-0.2, -0.15) is 5.10 Å². The van der Waals surface area contributed by atoms with Gasteiger partial charge in [0.2, 0.25) is 0 Å². The van der Waals surface area contributed by atoms with Crippen molar-refractivity contribution >= 4 is 22.8 Å². The smallest absolute Gasteiger partial charge is 0.251 e. The van der Waals surface area contributed by atoms with Gasteiger partial charge in [0.15, 0.2) is 5.65 Å². The Labute approximate surface area is 186 Å². The lowest BCUT2D eigenvalue weighted by Crippen LogP contribution is -2.29. The van der Waals surface area contributed by atoms with E-state index in [-0.39, 0.29) is 5.91 Å². The van der Waals surface area contributed by atoms with Crippen molar-refractivity contribution in [2.75, 3.05) is 25.5 Å². The van der Waals surface area contributed by atoms with Crippen LogP contribution in [0.15, 0.2) is 48.5 Å². The number of anilines is 1. The minimum absolute atomic E-state index is 0.154. The van der Waals surface area contributed by atoms with Crippen molar-refractivity contribution in [2.45, 2.75) is 20.8 Å². The number of nitrogens with one attached hydrogen (secondary N) is 2. The fourth-order valence-electron chi connectivity index (χ4n) is 3.58. The summed E-state index contributed by atoms with van der Waals surface area (Å²) in [7, 11) is 1.58. The highest BCUT2D eigenvalue weighted by atomic mass is 16.5. The van der Waals surface area contributed by atoms with Gasteiger partial charge in [-0.05, 0) is 56.7 Å². The SMILES string of the molecule is COc1cccc(C(=O)NCCNc2nc(C)nc3c2c(C)nn3-c2cccc(C)c2)c1. The van der Waals surface area contributed by atoms with E-state index in [1.165, 1.54) is 0 Å². The third kappa shape index (κ3) is 4.39. The monoisotopic (exact) mass is 430 g/mol. The van der Waals surface area contributed by atoms with Gasteiger partial charge in [-0.1, -0.05) is 18.2 Å². The average Bonchev–Trinajstić information content (AvgIpc) is 3.12. The Morgan fingerprint density at radius 2 is 1.84 bits per heavy atom. The van der Waals surface area contributed by atoms with Gasteiger partial charge >= 0.3 is 0 Å². The second-order valence-corrected chi connectivity index (χ2v) is 7.57. The topological polar surface area (TPSA) is 94.0 Å². The molecule has 0 aliphatic rings. The summed E-state index contributed by atoms with van der Waals surface area (Å²) in [6, 6.07) is 15.2. The molecule has 8 heteroatoms. The fourth-order valence-corrected chi connectivity index (χ4v) is 3.58.